The molecule has 1 aliphatic heterocycles. The summed E-state index contributed by atoms with van der Waals surface area (Å²) < 4.78 is 53.5. The molecule has 0 bridgehead atoms. The average molecular weight is 368 g/mol. The molecule has 1 aromatic rings. The van der Waals surface area contributed by atoms with E-state index in [-0.39, 0.29) is 6.04 Å². The molecular weight excluding hydrogens is 352 g/mol. The van der Waals surface area contributed by atoms with Crippen molar-refractivity contribution in [2.45, 2.75) is 36.6 Å². The number of hydrogen-bond acceptors (Lipinski definition) is 2. The molecule has 1 atom stereocenters. The quantitative estimate of drug-likeness (QED) is 0.768. The Kier molecular flexibility index (Phi) is 5.14. The molecule has 7 heteroatoms. The lowest BCUT2D eigenvalue weighted by molar-refractivity contribution is 0.345. The standard InChI is InChI=1S/C13H16BrF2NO2S/c14-9-11-4-2-1-3-7-17(11)20(18,19)13-8-10(15)5-6-12(13)16/h5-6,8,11H,1-4,7,9H2. The van der Waals surface area contributed by atoms with Gasteiger partial charge in [-0.2, -0.15) is 4.31 Å². The highest BCUT2D eigenvalue weighted by Gasteiger charge is 2.33. The van der Waals surface area contributed by atoms with Crippen molar-refractivity contribution in [3.05, 3.63) is 29.8 Å². The van der Waals surface area contributed by atoms with Gasteiger partial charge in [0.25, 0.3) is 0 Å². The Bertz CT molecular complexity index is 580. The Hall–Kier alpha value is -0.530. The largest absolute Gasteiger partial charge is 0.246 e. The van der Waals surface area contributed by atoms with Gasteiger partial charge in [0, 0.05) is 17.9 Å². The van der Waals surface area contributed by atoms with Crippen molar-refractivity contribution in [1.29, 1.82) is 0 Å². The summed E-state index contributed by atoms with van der Waals surface area (Å²) in [5, 5.41) is 0.489. The Labute approximate surface area is 126 Å². The van der Waals surface area contributed by atoms with Crippen molar-refractivity contribution in [3.8, 4) is 0 Å². The van der Waals surface area contributed by atoms with Gasteiger partial charge < -0.3 is 0 Å². The second kappa shape index (κ2) is 6.49. The predicted octanol–water partition coefficient (Wildman–Crippen LogP) is 3.29. The van der Waals surface area contributed by atoms with Gasteiger partial charge in [-0.25, -0.2) is 17.2 Å². The van der Waals surface area contributed by atoms with Crippen LogP contribution in [0.3, 0.4) is 0 Å². The van der Waals surface area contributed by atoms with Crippen molar-refractivity contribution in [3.63, 3.8) is 0 Å². The summed E-state index contributed by atoms with van der Waals surface area (Å²) in [7, 11) is -4.01. The van der Waals surface area contributed by atoms with Gasteiger partial charge in [-0.15, -0.1) is 0 Å². The second-order valence-corrected chi connectivity index (χ2v) is 7.35. The van der Waals surface area contributed by atoms with Crippen molar-refractivity contribution in [2.75, 3.05) is 11.9 Å². The minimum absolute atomic E-state index is 0.217. The predicted molar refractivity (Wildman–Crippen MR) is 76.3 cm³/mol. The third-order valence-electron chi connectivity index (χ3n) is 3.48. The molecule has 0 aliphatic carbocycles. The molecule has 1 fully saturated rings. The van der Waals surface area contributed by atoms with Gasteiger partial charge in [0.05, 0.1) is 0 Å². The zero-order valence-corrected chi connectivity index (χ0v) is 13.3. The normalized spacial score (nSPS) is 21.6. The second-order valence-electron chi connectivity index (χ2n) is 4.85. The highest BCUT2D eigenvalue weighted by Crippen LogP contribution is 2.27. The summed E-state index contributed by atoms with van der Waals surface area (Å²) in [5.74, 6) is -1.67. The van der Waals surface area contributed by atoms with Crippen LogP contribution in [0.2, 0.25) is 0 Å². The molecule has 112 valence electrons. The van der Waals surface area contributed by atoms with E-state index in [0.29, 0.717) is 11.9 Å². The van der Waals surface area contributed by atoms with Crippen molar-refractivity contribution in [1.82, 2.24) is 4.31 Å². The maximum atomic E-state index is 13.8. The van der Waals surface area contributed by atoms with Crippen LogP contribution in [0.1, 0.15) is 25.7 Å². The number of benzene rings is 1. The molecule has 1 aromatic carbocycles. The van der Waals surface area contributed by atoms with Crippen molar-refractivity contribution >= 4 is 26.0 Å². The van der Waals surface area contributed by atoms with Crippen molar-refractivity contribution < 1.29 is 17.2 Å². The van der Waals surface area contributed by atoms with Crippen LogP contribution in [0, 0.1) is 11.6 Å². The molecule has 3 nitrogen and oxygen atoms in total. The Balaban J connectivity index is 2.44. The maximum absolute atomic E-state index is 13.8. The van der Waals surface area contributed by atoms with E-state index in [9.17, 15) is 17.2 Å². The van der Waals surface area contributed by atoms with Gasteiger partial charge in [-0.1, -0.05) is 28.8 Å². The molecule has 1 aliphatic rings. The zero-order valence-electron chi connectivity index (χ0n) is 10.9. The van der Waals surface area contributed by atoms with Crippen LogP contribution >= 0.6 is 15.9 Å². The number of rotatable bonds is 3. The molecule has 1 unspecified atom stereocenters. The molecular formula is C13H16BrF2NO2S. The van der Waals surface area contributed by atoms with Gasteiger partial charge in [0.2, 0.25) is 10.0 Å². The molecule has 1 saturated heterocycles. The average Bonchev–Trinajstić information content (AvgIpc) is 2.66. The number of hydrogen-bond donors (Lipinski definition) is 0. The number of alkyl halides is 1. The molecule has 0 radical (unpaired) electrons. The highest BCUT2D eigenvalue weighted by molar-refractivity contribution is 9.09. The third kappa shape index (κ3) is 3.20. The number of sulfonamides is 1. The first-order valence-corrected chi connectivity index (χ1v) is 9.06. The van der Waals surface area contributed by atoms with Gasteiger partial charge in [-0.05, 0) is 31.0 Å². The summed E-state index contributed by atoms with van der Waals surface area (Å²) in [4.78, 5) is -0.578. The molecule has 1 heterocycles. The topological polar surface area (TPSA) is 37.4 Å². The Morgan fingerprint density at radius 1 is 1.25 bits per heavy atom. The lowest BCUT2D eigenvalue weighted by Gasteiger charge is -2.27. The third-order valence-corrected chi connectivity index (χ3v) is 6.20. The van der Waals surface area contributed by atoms with E-state index in [1.54, 1.807) is 0 Å². The van der Waals surface area contributed by atoms with Gasteiger partial charge >= 0.3 is 0 Å². The number of halogens is 3. The lowest BCUT2D eigenvalue weighted by Crippen LogP contribution is -2.41. The lowest BCUT2D eigenvalue weighted by atomic mass is 10.1. The van der Waals surface area contributed by atoms with E-state index < -0.39 is 26.6 Å². The van der Waals surface area contributed by atoms with E-state index in [0.717, 1.165) is 43.9 Å². The molecule has 0 N–H and O–H groups in total. The van der Waals surface area contributed by atoms with E-state index in [1.165, 1.54) is 4.31 Å². The van der Waals surface area contributed by atoms with E-state index in [1.807, 2.05) is 0 Å². The van der Waals surface area contributed by atoms with Gasteiger partial charge in [-0.3, -0.25) is 0 Å². The molecule has 2 rings (SSSR count). The minimum atomic E-state index is -4.01. The van der Waals surface area contributed by atoms with Crippen LogP contribution in [0.25, 0.3) is 0 Å². The first kappa shape index (κ1) is 15.9. The van der Waals surface area contributed by atoms with Crippen LogP contribution in [-0.2, 0) is 10.0 Å². The summed E-state index contributed by atoms with van der Waals surface area (Å²) in [5.41, 5.74) is 0. The Morgan fingerprint density at radius 2 is 2.00 bits per heavy atom. The first-order chi connectivity index (χ1) is 9.46. The van der Waals surface area contributed by atoms with E-state index in [2.05, 4.69) is 15.9 Å². The zero-order chi connectivity index (χ0) is 14.8. The van der Waals surface area contributed by atoms with Crippen LogP contribution in [-0.4, -0.2) is 30.6 Å². The number of nitrogens with zero attached hydrogens (tertiary/aromatic N) is 1. The fourth-order valence-corrected chi connectivity index (χ4v) is 5.06. The molecule has 0 aromatic heterocycles. The van der Waals surface area contributed by atoms with Gasteiger partial charge in [0.15, 0.2) is 0 Å². The monoisotopic (exact) mass is 367 g/mol. The van der Waals surface area contributed by atoms with Crippen LogP contribution in [0.4, 0.5) is 8.78 Å². The van der Waals surface area contributed by atoms with Gasteiger partial charge in [0.1, 0.15) is 16.5 Å². The van der Waals surface area contributed by atoms with Crippen LogP contribution < -0.4 is 0 Å². The summed E-state index contributed by atoms with van der Waals surface area (Å²) in [6.45, 7) is 0.342. The maximum Gasteiger partial charge on any atom is 0.246 e. The highest BCUT2D eigenvalue weighted by atomic mass is 79.9. The minimum Gasteiger partial charge on any atom is -0.207 e. The summed E-state index contributed by atoms with van der Waals surface area (Å²) in [6.07, 6.45) is 3.34. The fourth-order valence-electron chi connectivity index (χ4n) is 2.42. The molecule has 0 saturated carbocycles. The summed E-state index contributed by atoms with van der Waals surface area (Å²) >= 11 is 3.31. The SMILES string of the molecule is O=S(=O)(c1cc(F)ccc1F)N1CCCCCC1CBr. The van der Waals surface area contributed by atoms with Crippen LogP contribution in [0.15, 0.2) is 23.1 Å². The van der Waals surface area contributed by atoms with Crippen LogP contribution in [0.5, 0.6) is 0 Å². The fraction of sp³-hybridized carbons (Fsp3) is 0.538. The molecule has 0 amide bonds. The van der Waals surface area contributed by atoms with Crippen molar-refractivity contribution in [2.24, 2.45) is 0 Å². The van der Waals surface area contributed by atoms with E-state index >= 15 is 0 Å². The Morgan fingerprint density at radius 3 is 2.70 bits per heavy atom. The smallest absolute Gasteiger partial charge is 0.207 e. The first-order valence-electron chi connectivity index (χ1n) is 6.49. The van der Waals surface area contributed by atoms with E-state index in [4.69, 9.17) is 0 Å². The summed E-state index contributed by atoms with van der Waals surface area (Å²) in [6, 6.07) is 2.30. The molecule has 20 heavy (non-hydrogen) atoms. The molecule has 0 spiro atoms.